The molecule has 5 aliphatic heterocycles. The van der Waals surface area contributed by atoms with E-state index in [2.05, 4.69) is 58.8 Å². The Morgan fingerprint density at radius 2 is 1.10 bits per heavy atom. The summed E-state index contributed by atoms with van der Waals surface area (Å²) in [4.78, 5) is 137. The first-order chi connectivity index (χ1) is 50.8. The van der Waals surface area contributed by atoms with Gasteiger partial charge in [0.1, 0.15) is 18.1 Å². The van der Waals surface area contributed by atoms with Gasteiger partial charge in [0.15, 0.2) is 12.5 Å². The van der Waals surface area contributed by atoms with Gasteiger partial charge in [-0.1, -0.05) is 12.7 Å². The molecule has 6 aromatic carbocycles. The van der Waals surface area contributed by atoms with E-state index >= 15 is 0 Å². The average Bonchev–Trinajstić information content (AvgIpc) is 1.63. The van der Waals surface area contributed by atoms with Crippen molar-refractivity contribution in [3.8, 4) is 11.5 Å². The van der Waals surface area contributed by atoms with Gasteiger partial charge in [-0.05, 0) is 229 Å². The molecule has 4 atom stereocenters. The van der Waals surface area contributed by atoms with E-state index in [0.717, 1.165) is 84.8 Å². The predicted octanol–water partition coefficient (Wildman–Crippen LogP) is 14.7. The number of fused-ring (bicyclic) bond motifs is 6. The zero-order valence-electron chi connectivity index (χ0n) is 58.8. The van der Waals surface area contributed by atoms with Crippen LogP contribution in [0.25, 0.3) is 20.2 Å². The predicted molar refractivity (Wildman–Crippen MR) is 399 cm³/mol. The van der Waals surface area contributed by atoms with Gasteiger partial charge in [0, 0.05) is 104 Å². The number of hydrogen-bond acceptors (Lipinski definition) is 19. The fraction of sp³-hybridized carbons (Fsp3) is 0.342. The number of nitrogens with one attached hydrogen (secondary N) is 4. The van der Waals surface area contributed by atoms with E-state index in [1.54, 1.807) is 83.3 Å². The highest BCUT2D eigenvalue weighted by molar-refractivity contribution is 7.19. The zero-order valence-corrected chi connectivity index (χ0v) is 60.4. The Kier molecular flexibility index (Phi) is 27.0. The van der Waals surface area contributed by atoms with Crippen molar-refractivity contribution in [1.29, 1.82) is 0 Å². The van der Waals surface area contributed by atoms with Crippen LogP contribution in [0.2, 0.25) is 0 Å². The highest BCUT2D eigenvalue weighted by atomic mass is 32.1. The smallest absolute Gasteiger partial charge is 0.416 e. The summed E-state index contributed by atoms with van der Waals surface area (Å²) >= 11 is 3.44. The number of piperidine rings is 2. The number of rotatable bonds is 20. The van der Waals surface area contributed by atoms with Gasteiger partial charge in [-0.2, -0.15) is 19.2 Å². The van der Waals surface area contributed by atoms with Crippen molar-refractivity contribution in [2.75, 3.05) is 65.7 Å². The third-order valence-corrected chi connectivity index (χ3v) is 20.2. The number of anilines is 5. The number of carbonyl (C=O) groups excluding carboxylic acids is 11. The second-order valence-corrected chi connectivity index (χ2v) is 28.3. The van der Waals surface area contributed by atoms with Crippen molar-refractivity contribution in [2.45, 2.75) is 136 Å². The van der Waals surface area contributed by atoms with Gasteiger partial charge in [0.25, 0.3) is 23.6 Å². The summed E-state index contributed by atoms with van der Waals surface area (Å²) in [5.74, 6) is 0.223. The Morgan fingerprint density at radius 3 is 1.64 bits per heavy atom. The molecule has 26 heteroatoms. The quantitative estimate of drug-likeness (QED) is 0.0407. The number of benzene rings is 6. The van der Waals surface area contributed by atoms with Crippen molar-refractivity contribution in [1.82, 2.24) is 9.80 Å². The fourth-order valence-electron chi connectivity index (χ4n) is 13.1. The topological polar surface area (TPSA) is 304 Å². The third kappa shape index (κ3) is 20.1. The van der Waals surface area contributed by atoms with Crippen LogP contribution >= 0.6 is 22.7 Å². The molecule has 2 aromatic heterocycles. The molecule has 24 nitrogen and oxygen atoms in total. The van der Waals surface area contributed by atoms with E-state index in [9.17, 15) is 33.6 Å². The van der Waals surface area contributed by atoms with Crippen LogP contribution in [0.5, 0.6) is 11.5 Å². The molecule has 546 valence electrons. The highest BCUT2D eigenvalue weighted by Gasteiger charge is 2.47. The van der Waals surface area contributed by atoms with Gasteiger partial charge in [-0.25, -0.2) is 9.69 Å². The third-order valence-electron chi connectivity index (χ3n) is 18.1. The van der Waals surface area contributed by atoms with Crippen LogP contribution in [0.3, 0.4) is 0 Å². The first kappa shape index (κ1) is 76.7. The van der Waals surface area contributed by atoms with Crippen LogP contribution in [0.4, 0.5) is 38.9 Å². The maximum Gasteiger partial charge on any atom is 0.416 e. The first-order valence-electron chi connectivity index (χ1n) is 34.8. The molecule has 7 heterocycles. The summed E-state index contributed by atoms with van der Waals surface area (Å²) < 4.78 is 32.7. The number of amides is 7. The second-order valence-electron chi connectivity index (χ2n) is 25.7. The molecule has 0 bridgehead atoms. The van der Waals surface area contributed by atoms with Crippen molar-refractivity contribution in [3.63, 3.8) is 0 Å². The largest absolute Gasteiger partial charge is 0.493 e. The summed E-state index contributed by atoms with van der Waals surface area (Å²) in [6, 6.07) is 36.4. The minimum atomic E-state index is -0.839. The maximum absolute atomic E-state index is 14.1. The molecule has 13 rings (SSSR count). The second kappa shape index (κ2) is 36.9. The molecule has 0 spiro atoms. The number of ether oxygens (including phenoxy) is 5. The highest BCUT2D eigenvalue weighted by Crippen LogP contribution is 2.41. The van der Waals surface area contributed by atoms with Crippen LogP contribution in [0.1, 0.15) is 146 Å². The van der Waals surface area contributed by atoms with Gasteiger partial charge in [0.2, 0.25) is 11.8 Å². The monoisotopic (exact) mass is 1460 g/mol. The van der Waals surface area contributed by atoms with Gasteiger partial charge < -0.3 is 54.8 Å². The molecule has 3 fully saturated rings. The summed E-state index contributed by atoms with van der Waals surface area (Å²) in [7, 11) is 0. The Balaban J connectivity index is 0.000000215. The number of aryl methyl sites for hydroxylation is 4. The Hall–Kier alpha value is -11.0. The van der Waals surface area contributed by atoms with Gasteiger partial charge in [-0.15, -0.1) is 22.7 Å². The van der Waals surface area contributed by atoms with E-state index in [1.807, 2.05) is 78.4 Å². The molecular weight excluding hydrogens is 1380 g/mol. The Morgan fingerprint density at radius 1 is 0.590 bits per heavy atom. The lowest BCUT2D eigenvalue weighted by Crippen LogP contribution is -2.57. The summed E-state index contributed by atoms with van der Waals surface area (Å²) in [6.45, 7) is 14.0. The molecule has 0 radical (unpaired) electrons. The van der Waals surface area contributed by atoms with E-state index in [0.29, 0.717) is 102 Å². The summed E-state index contributed by atoms with van der Waals surface area (Å²) in [6.07, 6.45) is 11.3. The number of carbonyl (C=O) groups is 7. The molecular formula is C79H82N8O16S2. The van der Waals surface area contributed by atoms with Crippen LogP contribution in [-0.4, -0.2) is 134 Å². The van der Waals surface area contributed by atoms with E-state index < -0.39 is 24.7 Å². The van der Waals surface area contributed by atoms with E-state index in [1.165, 1.54) is 30.1 Å². The van der Waals surface area contributed by atoms with Crippen molar-refractivity contribution in [2.24, 2.45) is 4.99 Å². The molecule has 7 amide bonds. The fourth-order valence-corrected chi connectivity index (χ4v) is 14.9. The van der Waals surface area contributed by atoms with Gasteiger partial charge in [0.05, 0.1) is 47.8 Å². The minimum Gasteiger partial charge on any atom is -0.493 e. The minimum absolute atomic E-state index is 0.0106. The van der Waals surface area contributed by atoms with Crippen LogP contribution in [0.15, 0.2) is 139 Å². The SMILES string of the molecule is C=CCOC(=O)N1c2cc(OCCCC(=O)Nc3ccc(C(=O)Nc4ccc5sc(C)cc5c4)cc3)c(C)cc2C(=O)N2CCCC[C@H]2C1OC1CCCCO1.Cc1cc2cc(NC(=O)c3ccc(NC(=O)CCCOc4cc5c(cc4C)C(=O)N4CCCC[C@H]4C=N5)cc3)ccc2s1.O=C=O.O=C=O. The lowest BCUT2D eigenvalue weighted by atomic mass is 10.00. The molecule has 0 aliphatic carbocycles. The molecule has 5 aliphatic rings. The summed E-state index contributed by atoms with van der Waals surface area (Å²) in [5, 5.41) is 13.9. The Bertz CT molecular complexity index is 4580. The van der Waals surface area contributed by atoms with Crippen molar-refractivity contribution in [3.05, 3.63) is 177 Å². The van der Waals surface area contributed by atoms with E-state index in [-0.39, 0.29) is 79.8 Å². The molecule has 2 unspecified atom stereocenters. The van der Waals surface area contributed by atoms with E-state index in [4.69, 9.17) is 42.9 Å². The first-order valence-corrected chi connectivity index (χ1v) is 36.5. The average molecular weight is 1460 g/mol. The zero-order chi connectivity index (χ0) is 74.5. The van der Waals surface area contributed by atoms with Crippen LogP contribution < -0.4 is 35.6 Å². The molecule has 105 heavy (non-hydrogen) atoms. The summed E-state index contributed by atoms with van der Waals surface area (Å²) in [5.41, 5.74) is 7.18. The van der Waals surface area contributed by atoms with Crippen LogP contribution in [0, 0.1) is 27.7 Å². The normalized spacial score (nSPS) is 17.0. The number of aliphatic imine (C=N–C) groups is 1. The lowest BCUT2D eigenvalue weighted by molar-refractivity contribution is -0.198. The van der Waals surface area contributed by atoms with Gasteiger partial charge in [-0.3, -0.25) is 33.8 Å². The lowest BCUT2D eigenvalue weighted by Gasteiger charge is -2.42. The standard InChI is InChI=1S/C43H48N4O8S.C34H34N4O4S.2CO2/c1-4-20-54-43(51)47-35-26-36(27(2)23-33(35)41(50)46-19-7-5-10-34(46)42(47)55-39-12-6-8-21-53-39)52-22-9-11-38(48)44-31-15-13-29(14-16-31)40(49)45-32-17-18-37-30(25-32)24-28(3)56-37;1-21-16-28-29(35-20-27-6-3-4-14-38(27)34(28)41)19-30(21)42-15-5-7-32(39)36-25-10-8-23(9-11-25)33(40)37-26-12-13-31-24(18-26)17-22(2)43-31;2*2-1-3/h4,13-18,23-26,34,39,42H,1,5-12,19-22H2,2-3H3,(H,44,48)(H,45,49);8-13,16-20,27H,3-7,14-15H2,1-2H3,(H,36,39)(H,37,40);;/t34-,39?,42?;27-;;/m00../s1. The van der Waals surface area contributed by atoms with Crippen molar-refractivity contribution >= 4 is 137 Å². The molecule has 0 saturated carbocycles. The molecule has 3 saturated heterocycles. The van der Waals surface area contributed by atoms with Crippen molar-refractivity contribution < 1.29 is 76.4 Å². The number of nitrogens with zero attached hydrogens (tertiary/aromatic N) is 4. The Labute approximate surface area is 615 Å². The number of hydrogen-bond donors (Lipinski definition) is 4. The van der Waals surface area contributed by atoms with Crippen LogP contribution in [-0.2, 0) is 43.0 Å². The molecule has 4 N–H and O–H groups in total. The number of thiophene rings is 2. The maximum atomic E-state index is 14.1. The molecule has 8 aromatic rings. The van der Waals surface area contributed by atoms with Gasteiger partial charge >= 0.3 is 18.4 Å².